The molecule has 3 heteroatoms. The molecule has 94 valence electrons. The third-order valence-corrected chi connectivity index (χ3v) is 4.24. The van der Waals surface area contributed by atoms with E-state index in [1.54, 1.807) is 0 Å². The Bertz CT molecular complexity index is 793. The first kappa shape index (κ1) is 12.8. The van der Waals surface area contributed by atoms with Crippen LogP contribution in [-0.4, -0.2) is 11.1 Å². The van der Waals surface area contributed by atoms with Crippen molar-refractivity contribution in [1.29, 1.82) is 0 Å². The molecule has 0 amide bonds. The van der Waals surface area contributed by atoms with Gasteiger partial charge >= 0.3 is 0 Å². The molecule has 3 aromatic carbocycles. The van der Waals surface area contributed by atoms with Crippen molar-refractivity contribution in [3.63, 3.8) is 0 Å². The Morgan fingerprint density at radius 3 is 2.21 bits per heavy atom. The topological polar surface area (TPSA) is 17.1 Å². The Morgan fingerprint density at radius 1 is 0.895 bits per heavy atom. The molecule has 0 unspecified atom stereocenters. The van der Waals surface area contributed by atoms with Gasteiger partial charge in [-0.25, -0.2) is 0 Å². The van der Waals surface area contributed by atoms with Gasteiger partial charge in [-0.1, -0.05) is 62.2 Å². The Balaban J connectivity index is 2.29. The molecule has 0 atom stereocenters. The zero-order valence-electron chi connectivity index (χ0n) is 9.99. The molecule has 0 saturated heterocycles. The van der Waals surface area contributed by atoms with Crippen LogP contribution in [-0.2, 0) is 0 Å². The molecule has 0 spiro atoms. The van der Waals surface area contributed by atoms with Crippen LogP contribution in [0.25, 0.3) is 21.5 Å². The van der Waals surface area contributed by atoms with E-state index in [1.807, 2.05) is 24.3 Å². The molecule has 0 aliphatic rings. The summed E-state index contributed by atoms with van der Waals surface area (Å²) in [5.41, 5.74) is 0.751. The lowest BCUT2D eigenvalue weighted by Crippen LogP contribution is -1.99. The number of carbonyl (C=O) groups is 1. The predicted molar refractivity (Wildman–Crippen MR) is 87.3 cm³/mol. The lowest BCUT2D eigenvalue weighted by atomic mass is 9.99. The molecule has 0 bridgehead atoms. The second kappa shape index (κ2) is 5.06. The van der Waals surface area contributed by atoms with Gasteiger partial charge in [0.1, 0.15) is 0 Å². The Morgan fingerprint density at radius 2 is 1.53 bits per heavy atom. The maximum Gasteiger partial charge on any atom is 0.173 e. The zero-order chi connectivity index (χ0) is 13.4. The van der Waals surface area contributed by atoms with Gasteiger partial charge in [0.15, 0.2) is 5.78 Å². The number of benzene rings is 3. The molecule has 0 N–H and O–H groups in total. The smallest absolute Gasteiger partial charge is 0.173 e. The highest BCUT2D eigenvalue weighted by Crippen LogP contribution is 2.28. The molecule has 19 heavy (non-hydrogen) atoms. The molecule has 3 rings (SSSR count). The summed E-state index contributed by atoms with van der Waals surface area (Å²) in [6.07, 6.45) is 0. The molecule has 0 heterocycles. The summed E-state index contributed by atoms with van der Waals surface area (Å²) >= 11 is 6.70. The molecule has 1 nitrogen and oxygen atoms in total. The second-order valence-electron chi connectivity index (χ2n) is 4.42. The van der Waals surface area contributed by atoms with Crippen molar-refractivity contribution in [2.24, 2.45) is 0 Å². The molecule has 0 fully saturated rings. The van der Waals surface area contributed by atoms with Crippen LogP contribution in [0.4, 0.5) is 0 Å². The summed E-state index contributed by atoms with van der Waals surface area (Å²) in [5.74, 6) is 0.109. The number of halogens is 2. The fraction of sp³-hybridized carbons (Fsp3) is 0.0625. The number of hydrogen-bond acceptors (Lipinski definition) is 1. The number of rotatable bonds is 2. The molecular formula is C16H10Br2O. The average molecular weight is 378 g/mol. The van der Waals surface area contributed by atoms with Gasteiger partial charge in [0.05, 0.1) is 5.33 Å². The van der Waals surface area contributed by atoms with E-state index in [1.165, 1.54) is 16.2 Å². The number of hydrogen-bond donors (Lipinski definition) is 0. The number of ketones is 1. The van der Waals surface area contributed by atoms with Crippen molar-refractivity contribution < 1.29 is 4.79 Å². The highest BCUT2D eigenvalue weighted by atomic mass is 79.9. The van der Waals surface area contributed by atoms with Crippen LogP contribution >= 0.6 is 31.9 Å². The number of fused-ring (bicyclic) bond motifs is 3. The highest BCUT2D eigenvalue weighted by molar-refractivity contribution is 9.10. The van der Waals surface area contributed by atoms with Gasteiger partial charge in [0, 0.05) is 10.0 Å². The number of carbonyl (C=O) groups excluding carboxylic acids is 1. The van der Waals surface area contributed by atoms with Crippen LogP contribution in [0, 0.1) is 0 Å². The minimum absolute atomic E-state index is 0.109. The Hall–Kier alpha value is -1.19. The van der Waals surface area contributed by atoms with Gasteiger partial charge in [0.25, 0.3) is 0 Å². The fourth-order valence-corrected chi connectivity index (χ4v) is 3.00. The SMILES string of the molecule is O=C(CBr)c1ccc2c(ccc3cc(Br)ccc32)c1. The van der Waals surface area contributed by atoms with E-state index >= 15 is 0 Å². The van der Waals surface area contributed by atoms with E-state index in [4.69, 9.17) is 0 Å². The summed E-state index contributed by atoms with van der Waals surface area (Å²) in [6.45, 7) is 0. The largest absolute Gasteiger partial charge is 0.293 e. The van der Waals surface area contributed by atoms with Crippen LogP contribution in [0.1, 0.15) is 10.4 Å². The lowest BCUT2D eigenvalue weighted by Gasteiger charge is -2.06. The summed E-state index contributed by atoms with van der Waals surface area (Å²) in [6, 6.07) is 16.3. The zero-order valence-corrected chi connectivity index (χ0v) is 13.2. The van der Waals surface area contributed by atoms with E-state index in [2.05, 4.69) is 56.1 Å². The second-order valence-corrected chi connectivity index (χ2v) is 5.90. The first-order valence-corrected chi connectivity index (χ1v) is 7.82. The van der Waals surface area contributed by atoms with Crippen molar-refractivity contribution >= 4 is 59.2 Å². The summed E-state index contributed by atoms with van der Waals surface area (Å²) < 4.78 is 1.07. The third kappa shape index (κ3) is 2.33. The van der Waals surface area contributed by atoms with Crippen LogP contribution in [0.2, 0.25) is 0 Å². The van der Waals surface area contributed by atoms with Gasteiger partial charge in [-0.15, -0.1) is 0 Å². The van der Waals surface area contributed by atoms with Crippen LogP contribution < -0.4 is 0 Å². The average Bonchev–Trinajstić information content (AvgIpc) is 2.45. The Labute approximate surface area is 127 Å². The Kier molecular flexibility index (Phi) is 3.42. The minimum Gasteiger partial charge on any atom is -0.293 e. The molecule has 0 aliphatic heterocycles. The minimum atomic E-state index is 0.109. The van der Waals surface area contributed by atoms with Crippen molar-refractivity contribution in [1.82, 2.24) is 0 Å². The van der Waals surface area contributed by atoms with E-state index < -0.39 is 0 Å². The molecular weight excluding hydrogens is 368 g/mol. The van der Waals surface area contributed by atoms with Crippen molar-refractivity contribution in [2.75, 3.05) is 5.33 Å². The summed E-state index contributed by atoms with van der Waals surface area (Å²) in [7, 11) is 0. The van der Waals surface area contributed by atoms with E-state index in [0.29, 0.717) is 5.33 Å². The number of alkyl halides is 1. The van der Waals surface area contributed by atoms with Gasteiger partial charge in [-0.2, -0.15) is 0 Å². The molecule has 0 aliphatic carbocycles. The summed E-state index contributed by atoms with van der Waals surface area (Å²) in [5, 5.41) is 5.04. The highest BCUT2D eigenvalue weighted by Gasteiger charge is 2.06. The van der Waals surface area contributed by atoms with Gasteiger partial charge in [0.2, 0.25) is 0 Å². The normalized spacial score (nSPS) is 11.1. The van der Waals surface area contributed by atoms with Gasteiger partial charge < -0.3 is 0 Å². The van der Waals surface area contributed by atoms with Crippen LogP contribution in [0.3, 0.4) is 0 Å². The molecule has 0 radical (unpaired) electrons. The quantitative estimate of drug-likeness (QED) is 0.335. The van der Waals surface area contributed by atoms with Crippen molar-refractivity contribution in [3.8, 4) is 0 Å². The standard InChI is InChI=1S/C16H10Br2O/c17-9-16(19)12-3-5-14-10(7-12)1-2-11-8-13(18)4-6-15(11)14/h1-8H,9H2. The van der Waals surface area contributed by atoms with Crippen LogP contribution in [0.15, 0.2) is 53.0 Å². The van der Waals surface area contributed by atoms with Gasteiger partial charge in [-0.3, -0.25) is 4.79 Å². The maximum atomic E-state index is 11.7. The summed E-state index contributed by atoms with van der Waals surface area (Å²) in [4.78, 5) is 11.7. The van der Waals surface area contributed by atoms with Gasteiger partial charge in [-0.05, 0) is 39.7 Å². The van der Waals surface area contributed by atoms with Crippen LogP contribution in [0.5, 0.6) is 0 Å². The van der Waals surface area contributed by atoms with Crippen molar-refractivity contribution in [2.45, 2.75) is 0 Å². The van der Waals surface area contributed by atoms with Crippen molar-refractivity contribution in [3.05, 3.63) is 58.6 Å². The van der Waals surface area contributed by atoms with E-state index in [-0.39, 0.29) is 5.78 Å². The first-order chi connectivity index (χ1) is 9.19. The maximum absolute atomic E-state index is 11.7. The monoisotopic (exact) mass is 376 g/mol. The third-order valence-electron chi connectivity index (χ3n) is 3.24. The molecule has 0 aromatic heterocycles. The lowest BCUT2D eigenvalue weighted by molar-refractivity contribution is 0.102. The van der Waals surface area contributed by atoms with E-state index in [9.17, 15) is 4.79 Å². The fourth-order valence-electron chi connectivity index (χ4n) is 2.29. The molecule has 3 aromatic rings. The number of Topliss-reactive ketones (excluding diaryl/α,β-unsaturated/α-hetero) is 1. The van der Waals surface area contributed by atoms with E-state index in [0.717, 1.165) is 15.4 Å². The molecule has 0 saturated carbocycles. The predicted octanol–water partition coefficient (Wildman–Crippen LogP) is 5.33. The first-order valence-electron chi connectivity index (χ1n) is 5.90.